The van der Waals surface area contributed by atoms with E-state index in [0.717, 1.165) is 16.8 Å². The van der Waals surface area contributed by atoms with E-state index in [1.807, 2.05) is 19.9 Å². The number of methoxy groups -OCH3 is 1. The summed E-state index contributed by atoms with van der Waals surface area (Å²) in [5, 5.41) is 6.62. The summed E-state index contributed by atoms with van der Waals surface area (Å²) in [7, 11) is 3.11. The minimum Gasteiger partial charge on any atom is -0.493 e. The van der Waals surface area contributed by atoms with Gasteiger partial charge in [0.2, 0.25) is 11.8 Å². The van der Waals surface area contributed by atoms with Gasteiger partial charge in [0.1, 0.15) is 18.1 Å². The first-order valence-electron chi connectivity index (χ1n) is 10.3. The molecular formula is C24H27N3O6. The number of hydrogen-bond donors (Lipinski definition) is 1. The van der Waals surface area contributed by atoms with Crippen molar-refractivity contribution in [2.45, 2.75) is 27.0 Å². The van der Waals surface area contributed by atoms with Crippen molar-refractivity contribution in [1.82, 2.24) is 15.4 Å². The fraction of sp³-hybridized carbons (Fsp3) is 0.292. The Morgan fingerprint density at radius 1 is 1.21 bits per heavy atom. The molecule has 0 aliphatic heterocycles. The third kappa shape index (κ3) is 6.49. The van der Waals surface area contributed by atoms with Crippen LogP contribution in [0.15, 0.2) is 51.6 Å². The summed E-state index contributed by atoms with van der Waals surface area (Å²) in [5.74, 6) is 1.86. The van der Waals surface area contributed by atoms with Gasteiger partial charge < -0.3 is 28.6 Å². The molecule has 3 rings (SSSR count). The van der Waals surface area contributed by atoms with Crippen LogP contribution in [0.1, 0.15) is 28.3 Å². The maximum absolute atomic E-state index is 12.4. The first kappa shape index (κ1) is 23.6. The number of amides is 2. The lowest BCUT2D eigenvalue weighted by Crippen LogP contribution is -2.37. The second-order valence-corrected chi connectivity index (χ2v) is 7.39. The molecule has 9 nitrogen and oxygen atoms in total. The van der Waals surface area contributed by atoms with E-state index >= 15 is 0 Å². The highest BCUT2D eigenvalue weighted by molar-refractivity contribution is 5.94. The first-order chi connectivity index (χ1) is 15.9. The summed E-state index contributed by atoms with van der Waals surface area (Å²) in [5.41, 5.74) is 2.42. The minimum absolute atomic E-state index is 0.0678. The van der Waals surface area contributed by atoms with E-state index in [0.29, 0.717) is 29.6 Å². The zero-order valence-corrected chi connectivity index (χ0v) is 19.1. The number of aryl methyl sites for hydroxylation is 2. The van der Waals surface area contributed by atoms with Crippen LogP contribution in [0.4, 0.5) is 0 Å². The number of carbonyl (C=O) groups is 2. The molecule has 1 aromatic carbocycles. The third-order valence-electron chi connectivity index (χ3n) is 4.96. The normalized spacial score (nSPS) is 10.9. The van der Waals surface area contributed by atoms with E-state index in [1.165, 1.54) is 17.2 Å². The third-order valence-corrected chi connectivity index (χ3v) is 4.96. The Balaban J connectivity index is 1.54. The number of nitrogens with one attached hydrogen (secondary N) is 1. The molecule has 0 unspecified atom stereocenters. The number of ether oxygens (including phenoxy) is 2. The average molecular weight is 453 g/mol. The van der Waals surface area contributed by atoms with Crippen molar-refractivity contribution in [1.29, 1.82) is 0 Å². The number of aromatic nitrogens is 1. The highest BCUT2D eigenvalue weighted by atomic mass is 16.5. The first-order valence-corrected chi connectivity index (χ1v) is 10.3. The van der Waals surface area contributed by atoms with Gasteiger partial charge in [0.25, 0.3) is 0 Å². The summed E-state index contributed by atoms with van der Waals surface area (Å²) < 4.78 is 21.6. The second-order valence-electron chi connectivity index (χ2n) is 7.39. The topological polar surface area (TPSA) is 107 Å². The highest BCUT2D eigenvalue weighted by Crippen LogP contribution is 2.30. The molecule has 1 N–H and O–H groups in total. The summed E-state index contributed by atoms with van der Waals surface area (Å²) in [4.78, 5) is 25.7. The monoisotopic (exact) mass is 453 g/mol. The van der Waals surface area contributed by atoms with E-state index in [9.17, 15) is 9.59 Å². The van der Waals surface area contributed by atoms with Crippen molar-refractivity contribution >= 4 is 17.9 Å². The standard InChI is InChI=1S/C24H27N3O6/c1-16-20(17(2)33-26-16)15-32-21-9-7-18(12-22(21)30-4)8-10-24(29)27(3)14-23(28)25-13-19-6-5-11-31-19/h5-12H,13-15H2,1-4H3,(H,25,28)/b10-8+. The maximum atomic E-state index is 12.4. The lowest BCUT2D eigenvalue weighted by Gasteiger charge is -2.14. The van der Waals surface area contributed by atoms with Crippen LogP contribution in [-0.2, 0) is 22.7 Å². The van der Waals surface area contributed by atoms with E-state index in [1.54, 1.807) is 44.5 Å². The summed E-state index contributed by atoms with van der Waals surface area (Å²) in [6.07, 6.45) is 4.59. The van der Waals surface area contributed by atoms with E-state index in [2.05, 4.69) is 10.5 Å². The van der Waals surface area contributed by atoms with Crippen LogP contribution in [0.3, 0.4) is 0 Å². The van der Waals surface area contributed by atoms with Crippen molar-refractivity contribution < 1.29 is 28.0 Å². The van der Waals surface area contributed by atoms with E-state index in [-0.39, 0.29) is 24.9 Å². The molecule has 2 heterocycles. The molecule has 0 saturated carbocycles. The molecule has 0 aliphatic carbocycles. The maximum Gasteiger partial charge on any atom is 0.246 e. The quantitative estimate of drug-likeness (QED) is 0.470. The molecule has 3 aromatic rings. The number of hydrogen-bond acceptors (Lipinski definition) is 7. The molecule has 9 heteroatoms. The fourth-order valence-electron chi connectivity index (χ4n) is 3.01. The molecule has 0 aliphatic rings. The summed E-state index contributed by atoms with van der Waals surface area (Å²) in [6, 6.07) is 8.86. The fourth-order valence-corrected chi connectivity index (χ4v) is 3.01. The Bertz CT molecular complexity index is 1100. The number of likely N-dealkylation sites (N-methyl/N-ethyl adjacent to an activating group) is 1. The Labute approximate surface area is 191 Å². The molecule has 0 spiro atoms. The largest absolute Gasteiger partial charge is 0.493 e. The number of furan rings is 1. The second kappa shape index (κ2) is 11.0. The number of nitrogens with zero attached hydrogens (tertiary/aromatic N) is 2. The Hall–Kier alpha value is -4.01. The number of rotatable bonds is 10. The Morgan fingerprint density at radius 2 is 2.03 bits per heavy atom. The molecule has 33 heavy (non-hydrogen) atoms. The van der Waals surface area contributed by atoms with Gasteiger partial charge in [-0.15, -0.1) is 0 Å². The van der Waals surface area contributed by atoms with Crippen LogP contribution in [0.5, 0.6) is 11.5 Å². The Morgan fingerprint density at radius 3 is 2.70 bits per heavy atom. The van der Waals surface area contributed by atoms with Crippen molar-refractivity contribution in [2.75, 3.05) is 20.7 Å². The lowest BCUT2D eigenvalue weighted by molar-refractivity contribution is -0.131. The van der Waals surface area contributed by atoms with Crippen LogP contribution in [-0.4, -0.2) is 42.6 Å². The molecule has 174 valence electrons. The van der Waals surface area contributed by atoms with Gasteiger partial charge in [-0.25, -0.2) is 0 Å². The molecule has 0 fully saturated rings. The van der Waals surface area contributed by atoms with Crippen LogP contribution in [0, 0.1) is 13.8 Å². The van der Waals surface area contributed by atoms with Crippen LogP contribution < -0.4 is 14.8 Å². The van der Waals surface area contributed by atoms with E-state index < -0.39 is 0 Å². The predicted molar refractivity (Wildman–Crippen MR) is 121 cm³/mol. The molecule has 2 aromatic heterocycles. The van der Waals surface area contributed by atoms with Crippen molar-refractivity contribution in [3.05, 3.63) is 71.0 Å². The van der Waals surface area contributed by atoms with Gasteiger partial charge >= 0.3 is 0 Å². The highest BCUT2D eigenvalue weighted by Gasteiger charge is 2.13. The van der Waals surface area contributed by atoms with Gasteiger partial charge in [-0.2, -0.15) is 0 Å². The molecule has 2 amide bonds. The van der Waals surface area contributed by atoms with Crippen LogP contribution in [0.2, 0.25) is 0 Å². The molecule has 0 saturated heterocycles. The zero-order chi connectivity index (χ0) is 23.8. The van der Waals surface area contributed by atoms with Gasteiger partial charge in [0.15, 0.2) is 11.5 Å². The summed E-state index contributed by atoms with van der Waals surface area (Å²) in [6.45, 7) is 4.20. The minimum atomic E-state index is -0.305. The van der Waals surface area contributed by atoms with Crippen molar-refractivity contribution in [2.24, 2.45) is 0 Å². The number of benzene rings is 1. The molecule has 0 bridgehead atoms. The molecular weight excluding hydrogens is 426 g/mol. The van der Waals surface area contributed by atoms with Gasteiger partial charge in [0.05, 0.1) is 37.7 Å². The van der Waals surface area contributed by atoms with Crippen LogP contribution in [0.25, 0.3) is 6.08 Å². The molecule has 0 radical (unpaired) electrons. The lowest BCUT2D eigenvalue weighted by atomic mass is 10.1. The van der Waals surface area contributed by atoms with Crippen molar-refractivity contribution in [3.8, 4) is 11.5 Å². The average Bonchev–Trinajstić information content (AvgIpc) is 3.44. The van der Waals surface area contributed by atoms with Gasteiger partial charge in [-0.05, 0) is 49.8 Å². The SMILES string of the molecule is COc1cc(/C=C/C(=O)N(C)CC(=O)NCc2ccco2)ccc1OCc1c(C)noc1C. The van der Waals surface area contributed by atoms with Gasteiger partial charge in [-0.1, -0.05) is 11.2 Å². The smallest absolute Gasteiger partial charge is 0.246 e. The van der Waals surface area contributed by atoms with E-state index in [4.69, 9.17) is 18.4 Å². The van der Waals surface area contributed by atoms with Crippen molar-refractivity contribution in [3.63, 3.8) is 0 Å². The van der Waals surface area contributed by atoms with Crippen LogP contribution >= 0.6 is 0 Å². The predicted octanol–water partition coefficient (Wildman–Crippen LogP) is 3.26. The Kier molecular flexibility index (Phi) is 7.91. The summed E-state index contributed by atoms with van der Waals surface area (Å²) >= 11 is 0. The zero-order valence-electron chi connectivity index (χ0n) is 19.1. The molecule has 0 atom stereocenters. The van der Waals surface area contributed by atoms with Gasteiger partial charge in [-0.3, -0.25) is 9.59 Å². The van der Waals surface area contributed by atoms with Gasteiger partial charge in [0, 0.05) is 13.1 Å². The number of carbonyl (C=O) groups excluding carboxylic acids is 2.